The SMILES string of the molecule is CCN(C)C=Nc1cc(F)c(Sc2ccccc2Cl)cc1C. The van der Waals surface area contributed by atoms with Gasteiger partial charge in [0.1, 0.15) is 5.82 Å². The average molecular weight is 337 g/mol. The first-order valence-corrected chi connectivity index (χ1v) is 8.17. The molecule has 0 heterocycles. The van der Waals surface area contributed by atoms with Crippen LogP contribution in [-0.2, 0) is 0 Å². The van der Waals surface area contributed by atoms with E-state index in [1.165, 1.54) is 17.8 Å². The summed E-state index contributed by atoms with van der Waals surface area (Å²) < 4.78 is 14.3. The van der Waals surface area contributed by atoms with Gasteiger partial charge < -0.3 is 4.90 Å². The predicted octanol–water partition coefficient (Wildman–Crippen LogP) is 5.55. The smallest absolute Gasteiger partial charge is 0.139 e. The summed E-state index contributed by atoms with van der Waals surface area (Å²) in [4.78, 5) is 7.65. The maximum atomic E-state index is 14.3. The molecule has 2 aromatic rings. The van der Waals surface area contributed by atoms with Gasteiger partial charge in [-0.1, -0.05) is 35.5 Å². The molecule has 0 aromatic heterocycles. The summed E-state index contributed by atoms with van der Waals surface area (Å²) in [6, 6.07) is 10.7. The molecular weight excluding hydrogens is 319 g/mol. The number of benzene rings is 2. The zero-order valence-electron chi connectivity index (χ0n) is 12.8. The summed E-state index contributed by atoms with van der Waals surface area (Å²) in [7, 11) is 1.93. The van der Waals surface area contributed by atoms with Gasteiger partial charge in [0.25, 0.3) is 0 Å². The highest BCUT2D eigenvalue weighted by Crippen LogP contribution is 2.36. The summed E-state index contributed by atoms with van der Waals surface area (Å²) in [6.07, 6.45) is 1.71. The highest BCUT2D eigenvalue weighted by Gasteiger charge is 2.10. The highest BCUT2D eigenvalue weighted by atomic mass is 35.5. The number of halogens is 2. The van der Waals surface area contributed by atoms with Crippen molar-refractivity contribution in [1.82, 2.24) is 4.90 Å². The Hall–Kier alpha value is -1.52. The third kappa shape index (κ3) is 4.24. The third-order valence-corrected chi connectivity index (χ3v) is 4.75. The first kappa shape index (κ1) is 16.8. The second kappa shape index (κ2) is 7.65. The summed E-state index contributed by atoms with van der Waals surface area (Å²) in [5, 5.41) is 0.622. The van der Waals surface area contributed by atoms with Crippen LogP contribution in [0.4, 0.5) is 10.1 Å². The van der Waals surface area contributed by atoms with Gasteiger partial charge in [-0.25, -0.2) is 9.38 Å². The summed E-state index contributed by atoms with van der Waals surface area (Å²) >= 11 is 7.45. The van der Waals surface area contributed by atoms with Crippen LogP contribution in [0.5, 0.6) is 0 Å². The molecule has 0 aliphatic carbocycles. The first-order valence-electron chi connectivity index (χ1n) is 6.98. The van der Waals surface area contributed by atoms with Crippen molar-refractivity contribution in [3.63, 3.8) is 0 Å². The third-order valence-electron chi connectivity index (χ3n) is 3.20. The molecule has 0 fully saturated rings. The van der Waals surface area contributed by atoms with Crippen LogP contribution in [0.25, 0.3) is 0 Å². The van der Waals surface area contributed by atoms with Crippen LogP contribution in [0, 0.1) is 12.7 Å². The minimum absolute atomic E-state index is 0.290. The lowest BCUT2D eigenvalue weighted by Crippen LogP contribution is -2.14. The Labute approximate surface area is 140 Å². The molecule has 0 unspecified atom stereocenters. The van der Waals surface area contributed by atoms with Crippen LogP contribution in [0.15, 0.2) is 51.2 Å². The zero-order chi connectivity index (χ0) is 16.1. The lowest BCUT2D eigenvalue weighted by atomic mass is 10.2. The summed E-state index contributed by atoms with van der Waals surface area (Å²) in [5.74, 6) is -0.290. The second-order valence-corrected chi connectivity index (χ2v) is 6.41. The Morgan fingerprint density at radius 2 is 2.00 bits per heavy atom. The molecule has 0 spiro atoms. The minimum Gasteiger partial charge on any atom is -0.366 e. The van der Waals surface area contributed by atoms with Crippen molar-refractivity contribution in [2.24, 2.45) is 4.99 Å². The zero-order valence-corrected chi connectivity index (χ0v) is 14.4. The van der Waals surface area contributed by atoms with Crippen LogP contribution in [-0.4, -0.2) is 24.8 Å². The van der Waals surface area contributed by atoms with Gasteiger partial charge >= 0.3 is 0 Å². The molecule has 2 nitrogen and oxygen atoms in total. The van der Waals surface area contributed by atoms with Crippen LogP contribution in [0.1, 0.15) is 12.5 Å². The molecule has 0 aliphatic rings. The fourth-order valence-corrected chi connectivity index (χ4v) is 2.94. The number of aliphatic imine (C=N–C) groups is 1. The van der Waals surface area contributed by atoms with Crippen molar-refractivity contribution in [1.29, 1.82) is 0 Å². The number of hydrogen-bond donors (Lipinski definition) is 0. The van der Waals surface area contributed by atoms with Gasteiger partial charge in [-0.3, -0.25) is 0 Å². The maximum Gasteiger partial charge on any atom is 0.139 e. The Bertz CT molecular complexity index is 688. The summed E-state index contributed by atoms with van der Waals surface area (Å²) in [6.45, 7) is 4.81. The largest absolute Gasteiger partial charge is 0.366 e. The monoisotopic (exact) mass is 336 g/mol. The fourth-order valence-electron chi connectivity index (χ4n) is 1.75. The molecule has 0 atom stereocenters. The molecule has 0 saturated heterocycles. The highest BCUT2D eigenvalue weighted by molar-refractivity contribution is 7.99. The second-order valence-electron chi connectivity index (χ2n) is 4.92. The van der Waals surface area contributed by atoms with Crippen molar-refractivity contribution in [2.45, 2.75) is 23.6 Å². The van der Waals surface area contributed by atoms with E-state index in [-0.39, 0.29) is 5.82 Å². The van der Waals surface area contributed by atoms with Gasteiger partial charge in [0.15, 0.2) is 0 Å². The van der Waals surface area contributed by atoms with Gasteiger partial charge in [-0.05, 0) is 37.6 Å². The van der Waals surface area contributed by atoms with E-state index in [0.29, 0.717) is 15.6 Å². The normalized spacial score (nSPS) is 11.1. The Balaban J connectivity index is 2.27. The van der Waals surface area contributed by atoms with Crippen LogP contribution < -0.4 is 0 Å². The van der Waals surface area contributed by atoms with Crippen molar-refractivity contribution in [3.05, 3.63) is 52.8 Å². The standard InChI is InChI=1S/C17H18ClFN2S/c1-4-21(3)11-20-15-10-14(19)17(9-12(15)2)22-16-8-6-5-7-13(16)18/h5-11H,4H2,1-3H3. The average Bonchev–Trinajstić information content (AvgIpc) is 2.51. The quantitative estimate of drug-likeness (QED) is 0.525. The topological polar surface area (TPSA) is 15.6 Å². The molecule has 5 heteroatoms. The summed E-state index contributed by atoms with van der Waals surface area (Å²) in [5.41, 5.74) is 1.57. The maximum absolute atomic E-state index is 14.3. The number of rotatable bonds is 5. The number of aryl methyl sites for hydroxylation is 1. The van der Waals surface area contributed by atoms with Crippen molar-refractivity contribution < 1.29 is 4.39 Å². The van der Waals surface area contributed by atoms with Crippen molar-refractivity contribution >= 4 is 35.4 Å². The van der Waals surface area contributed by atoms with E-state index in [1.54, 1.807) is 12.4 Å². The van der Waals surface area contributed by atoms with Gasteiger partial charge in [0.2, 0.25) is 0 Å². The Morgan fingerprint density at radius 3 is 2.68 bits per heavy atom. The van der Waals surface area contributed by atoms with Gasteiger partial charge in [-0.15, -0.1) is 0 Å². The first-order chi connectivity index (χ1) is 10.5. The van der Waals surface area contributed by atoms with E-state index in [0.717, 1.165) is 17.0 Å². The molecule has 0 aliphatic heterocycles. The van der Waals surface area contributed by atoms with Crippen molar-refractivity contribution in [2.75, 3.05) is 13.6 Å². The molecule has 2 rings (SSSR count). The van der Waals surface area contributed by atoms with Crippen LogP contribution in [0.2, 0.25) is 5.02 Å². The minimum atomic E-state index is -0.290. The van der Waals surface area contributed by atoms with E-state index in [1.807, 2.05) is 50.1 Å². The number of hydrogen-bond acceptors (Lipinski definition) is 2. The number of nitrogens with zero attached hydrogens (tertiary/aromatic N) is 2. The molecule has 22 heavy (non-hydrogen) atoms. The van der Waals surface area contributed by atoms with E-state index < -0.39 is 0 Å². The Morgan fingerprint density at radius 1 is 1.27 bits per heavy atom. The predicted molar refractivity (Wildman–Crippen MR) is 93.2 cm³/mol. The fraction of sp³-hybridized carbons (Fsp3) is 0.235. The van der Waals surface area contributed by atoms with Crippen LogP contribution >= 0.6 is 23.4 Å². The molecule has 0 bridgehead atoms. The molecule has 116 valence electrons. The molecule has 0 radical (unpaired) electrons. The Kier molecular flexibility index (Phi) is 5.86. The van der Waals surface area contributed by atoms with E-state index in [2.05, 4.69) is 4.99 Å². The lowest BCUT2D eigenvalue weighted by Gasteiger charge is -2.10. The molecule has 0 amide bonds. The van der Waals surface area contributed by atoms with Crippen LogP contribution in [0.3, 0.4) is 0 Å². The van der Waals surface area contributed by atoms with Gasteiger partial charge in [0.05, 0.1) is 17.0 Å². The lowest BCUT2D eigenvalue weighted by molar-refractivity contribution is 0.551. The molecule has 0 saturated carbocycles. The van der Waals surface area contributed by atoms with Gasteiger partial charge in [0, 0.05) is 29.4 Å². The van der Waals surface area contributed by atoms with E-state index in [9.17, 15) is 4.39 Å². The van der Waals surface area contributed by atoms with Gasteiger partial charge in [-0.2, -0.15) is 0 Å². The van der Waals surface area contributed by atoms with E-state index >= 15 is 0 Å². The van der Waals surface area contributed by atoms with E-state index in [4.69, 9.17) is 11.6 Å². The molecule has 2 aromatic carbocycles. The molecule has 0 N–H and O–H groups in total. The molecular formula is C17H18ClFN2S. The van der Waals surface area contributed by atoms with Crippen molar-refractivity contribution in [3.8, 4) is 0 Å².